The SMILES string of the molecule is CN(Cc1ccccc1N1CCOCC1)C(=O)C(C)(N)c1ccccc1. The molecule has 138 valence electrons. The Kier molecular flexibility index (Phi) is 5.59. The van der Waals surface area contributed by atoms with E-state index < -0.39 is 5.54 Å². The fourth-order valence-corrected chi connectivity index (χ4v) is 3.39. The van der Waals surface area contributed by atoms with Crippen molar-refractivity contribution in [1.29, 1.82) is 0 Å². The Labute approximate surface area is 155 Å². The fraction of sp³-hybridized carbons (Fsp3) is 0.381. The first-order valence-corrected chi connectivity index (χ1v) is 9.00. The second-order valence-electron chi connectivity index (χ2n) is 6.96. The number of para-hydroxylation sites is 1. The monoisotopic (exact) mass is 353 g/mol. The molecule has 5 nitrogen and oxygen atoms in total. The molecule has 0 aliphatic carbocycles. The van der Waals surface area contributed by atoms with Crippen LogP contribution in [0.1, 0.15) is 18.1 Å². The van der Waals surface area contributed by atoms with Gasteiger partial charge in [-0.15, -0.1) is 0 Å². The molecule has 1 saturated heterocycles. The lowest BCUT2D eigenvalue weighted by molar-refractivity contribution is -0.136. The summed E-state index contributed by atoms with van der Waals surface area (Å²) in [5.41, 5.74) is 8.45. The zero-order valence-corrected chi connectivity index (χ0v) is 15.5. The number of anilines is 1. The van der Waals surface area contributed by atoms with E-state index in [1.54, 1.807) is 11.8 Å². The van der Waals surface area contributed by atoms with E-state index in [9.17, 15) is 4.79 Å². The van der Waals surface area contributed by atoms with Gasteiger partial charge in [-0.1, -0.05) is 48.5 Å². The zero-order valence-electron chi connectivity index (χ0n) is 15.5. The number of likely N-dealkylation sites (N-methyl/N-ethyl adjacent to an activating group) is 1. The minimum Gasteiger partial charge on any atom is -0.378 e. The average molecular weight is 353 g/mol. The predicted molar refractivity (Wildman–Crippen MR) is 104 cm³/mol. The van der Waals surface area contributed by atoms with Gasteiger partial charge in [0.05, 0.1) is 13.2 Å². The van der Waals surface area contributed by atoms with Crippen molar-refractivity contribution in [2.75, 3.05) is 38.3 Å². The Balaban J connectivity index is 1.77. The normalized spacial score (nSPS) is 16.8. The number of nitrogens with two attached hydrogens (primary N) is 1. The Morgan fingerprint density at radius 3 is 2.42 bits per heavy atom. The maximum atomic E-state index is 13.0. The fourth-order valence-electron chi connectivity index (χ4n) is 3.39. The van der Waals surface area contributed by atoms with Crippen molar-refractivity contribution >= 4 is 11.6 Å². The van der Waals surface area contributed by atoms with Gasteiger partial charge in [-0.25, -0.2) is 0 Å². The highest BCUT2D eigenvalue weighted by Gasteiger charge is 2.33. The van der Waals surface area contributed by atoms with Crippen molar-refractivity contribution in [1.82, 2.24) is 4.90 Å². The van der Waals surface area contributed by atoms with Gasteiger partial charge in [0.15, 0.2) is 0 Å². The second-order valence-corrected chi connectivity index (χ2v) is 6.96. The zero-order chi connectivity index (χ0) is 18.6. The van der Waals surface area contributed by atoms with Gasteiger partial charge in [-0.3, -0.25) is 4.79 Å². The van der Waals surface area contributed by atoms with E-state index in [1.165, 1.54) is 0 Å². The largest absolute Gasteiger partial charge is 0.378 e. The molecule has 1 amide bonds. The number of amides is 1. The molecule has 2 N–H and O–H groups in total. The lowest BCUT2D eigenvalue weighted by Crippen LogP contribution is -2.49. The summed E-state index contributed by atoms with van der Waals surface area (Å²) in [5, 5.41) is 0. The number of hydrogen-bond donors (Lipinski definition) is 1. The first kappa shape index (κ1) is 18.4. The summed E-state index contributed by atoms with van der Waals surface area (Å²) in [6.45, 7) is 5.50. The summed E-state index contributed by atoms with van der Waals surface area (Å²) in [6, 6.07) is 17.8. The summed E-state index contributed by atoms with van der Waals surface area (Å²) in [6.07, 6.45) is 0. The van der Waals surface area contributed by atoms with Crippen molar-refractivity contribution in [3.05, 3.63) is 65.7 Å². The van der Waals surface area contributed by atoms with Gasteiger partial charge in [-0.05, 0) is 24.1 Å². The van der Waals surface area contributed by atoms with Gasteiger partial charge in [0.1, 0.15) is 5.54 Å². The quantitative estimate of drug-likeness (QED) is 0.896. The third kappa shape index (κ3) is 3.89. The van der Waals surface area contributed by atoms with Gasteiger partial charge < -0.3 is 20.3 Å². The van der Waals surface area contributed by atoms with E-state index in [1.807, 2.05) is 49.5 Å². The maximum Gasteiger partial charge on any atom is 0.247 e. The smallest absolute Gasteiger partial charge is 0.247 e. The Morgan fingerprint density at radius 1 is 1.12 bits per heavy atom. The standard InChI is InChI=1S/C21H27N3O2/c1-21(22,18-9-4-3-5-10-18)20(25)23(2)16-17-8-6-7-11-19(17)24-12-14-26-15-13-24/h3-11H,12-16,22H2,1-2H3. The first-order chi connectivity index (χ1) is 12.5. The van der Waals surface area contributed by atoms with E-state index in [2.05, 4.69) is 17.0 Å². The van der Waals surface area contributed by atoms with Crippen molar-refractivity contribution in [3.63, 3.8) is 0 Å². The molecule has 1 fully saturated rings. The molecule has 0 spiro atoms. The summed E-state index contributed by atoms with van der Waals surface area (Å²) < 4.78 is 5.45. The number of carbonyl (C=O) groups is 1. The molecule has 1 aliphatic heterocycles. The number of hydrogen-bond acceptors (Lipinski definition) is 4. The number of rotatable bonds is 5. The molecule has 0 radical (unpaired) electrons. The molecule has 1 unspecified atom stereocenters. The van der Waals surface area contributed by atoms with Gasteiger partial charge in [0.25, 0.3) is 0 Å². The van der Waals surface area contributed by atoms with E-state index >= 15 is 0 Å². The Hall–Kier alpha value is -2.37. The summed E-state index contributed by atoms with van der Waals surface area (Å²) in [4.78, 5) is 17.1. The summed E-state index contributed by atoms with van der Waals surface area (Å²) in [7, 11) is 1.81. The van der Waals surface area contributed by atoms with Gasteiger partial charge in [0.2, 0.25) is 5.91 Å². The highest BCUT2D eigenvalue weighted by molar-refractivity contribution is 5.87. The number of carbonyl (C=O) groups excluding carboxylic acids is 1. The third-order valence-electron chi connectivity index (χ3n) is 4.92. The molecule has 2 aromatic rings. The van der Waals surface area contributed by atoms with Gasteiger partial charge >= 0.3 is 0 Å². The van der Waals surface area contributed by atoms with Crippen molar-refractivity contribution in [2.24, 2.45) is 5.73 Å². The maximum absolute atomic E-state index is 13.0. The number of morpholine rings is 1. The Bertz CT molecular complexity index is 740. The van der Waals surface area contributed by atoms with E-state index in [4.69, 9.17) is 10.5 Å². The van der Waals surface area contributed by atoms with Crippen LogP contribution in [0.5, 0.6) is 0 Å². The lowest BCUT2D eigenvalue weighted by Gasteiger charge is -2.33. The molecule has 3 rings (SSSR count). The van der Waals surface area contributed by atoms with Crippen LogP contribution >= 0.6 is 0 Å². The van der Waals surface area contributed by atoms with Gasteiger partial charge in [0, 0.05) is 32.4 Å². The van der Waals surface area contributed by atoms with Crippen molar-refractivity contribution < 1.29 is 9.53 Å². The topological polar surface area (TPSA) is 58.8 Å². The third-order valence-corrected chi connectivity index (χ3v) is 4.92. The molecule has 0 bridgehead atoms. The van der Waals surface area contributed by atoms with Crippen LogP contribution in [0.15, 0.2) is 54.6 Å². The first-order valence-electron chi connectivity index (χ1n) is 9.00. The van der Waals surface area contributed by atoms with E-state index in [0.29, 0.717) is 6.54 Å². The predicted octanol–water partition coefficient (Wildman–Crippen LogP) is 2.36. The number of benzene rings is 2. The summed E-state index contributed by atoms with van der Waals surface area (Å²) >= 11 is 0. The van der Waals surface area contributed by atoms with E-state index in [0.717, 1.165) is 43.1 Å². The molecule has 0 saturated carbocycles. The van der Waals surface area contributed by atoms with Crippen molar-refractivity contribution in [3.8, 4) is 0 Å². The molecule has 0 aromatic heterocycles. The highest BCUT2D eigenvalue weighted by atomic mass is 16.5. The molecule has 1 atom stereocenters. The molecule has 26 heavy (non-hydrogen) atoms. The number of ether oxygens (including phenoxy) is 1. The molecule has 1 heterocycles. The van der Waals surface area contributed by atoms with Crippen LogP contribution in [0.2, 0.25) is 0 Å². The Morgan fingerprint density at radius 2 is 1.73 bits per heavy atom. The molecule has 2 aromatic carbocycles. The van der Waals surface area contributed by atoms with Crippen LogP contribution in [-0.4, -0.2) is 44.2 Å². The summed E-state index contributed by atoms with van der Waals surface area (Å²) in [5.74, 6) is -0.0968. The lowest BCUT2D eigenvalue weighted by atomic mass is 9.91. The van der Waals surface area contributed by atoms with Gasteiger partial charge in [-0.2, -0.15) is 0 Å². The molecule has 5 heteroatoms. The number of nitrogens with zero attached hydrogens (tertiary/aromatic N) is 2. The van der Waals surface area contributed by atoms with Crippen LogP contribution < -0.4 is 10.6 Å². The average Bonchev–Trinajstić information content (AvgIpc) is 2.69. The van der Waals surface area contributed by atoms with Crippen molar-refractivity contribution in [2.45, 2.75) is 19.0 Å². The minimum absolute atomic E-state index is 0.0968. The molecule has 1 aliphatic rings. The van der Waals surface area contributed by atoms with Crippen LogP contribution in [0, 0.1) is 0 Å². The van der Waals surface area contributed by atoms with Crippen LogP contribution in [0.25, 0.3) is 0 Å². The molecular formula is C21H27N3O2. The van der Waals surface area contributed by atoms with Crippen LogP contribution in [0.3, 0.4) is 0 Å². The second kappa shape index (κ2) is 7.89. The minimum atomic E-state index is -1.05. The van der Waals surface area contributed by atoms with E-state index in [-0.39, 0.29) is 5.91 Å². The van der Waals surface area contributed by atoms with Crippen LogP contribution in [-0.2, 0) is 21.6 Å². The van der Waals surface area contributed by atoms with Crippen LogP contribution in [0.4, 0.5) is 5.69 Å². The highest BCUT2D eigenvalue weighted by Crippen LogP contribution is 2.25. The molecular weight excluding hydrogens is 326 g/mol.